The van der Waals surface area contributed by atoms with Gasteiger partial charge in [-0.25, -0.2) is 0 Å². The van der Waals surface area contributed by atoms with Crippen molar-refractivity contribution in [2.75, 3.05) is 28.1 Å². The number of carbonyl (C=O) groups is 1. The summed E-state index contributed by atoms with van der Waals surface area (Å²) in [7, 11) is 4.57. The maximum absolute atomic E-state index is 12.8. The minimum Gasteiger partial charge on any atom is -0.493 e. The van der Waals surface area contributed by atoms with Crippen molar-refractivity contribution in [3.05, 3.63) is 47.0 Å². The summed E-state index contributed by atoms with van der Waals surface area (Å²) in [5.41, 5.74) is 2.29. The number of methoxy groups -OCH3 is 3. The predicted octanol–water partition coefficient (Wildman–Crippen LogP) is 3.00. The summed E-state index contributed by atoms with van der Waals surface area (Å²) in [6.07, 6.45) is 0.231. The molecule has 2 aromatic rings. The van der Waals surface area contributed by atoms with E-state index in [1.54, 1.807) is 12.1 Å². The van der Waals surface area contributed by atoms with Crippen molar-refractivity contribution in [1.82, 2.24) is 0 Å². The number of rotatable bonds is 6. The zero-order chi connectivity index (χ0) is 17.8. The first kappa shape index (κ1) is 17.1. The van der Waals surface area contributed by atoms with Gasteiger partial charge in [0.05, 0.1) is 27.9 Å². The molecule has 0 saturated heterocycles. The molecule has 0 fully saturated rings. The van der Waals surface area contributed by atoms with Crippen LogP contribution < -0.4 is 18.9 Å². The minimum absolute atomic E-state index is 0.0572. The highest BCUT2D eigenvalue weighted by Gasteiger charge is 2.20. The third-order valence-corrected chi connectivity index (χ3v) is 4.11. The lowest BCUT2D eigenvalue weighted by atomic mass is 9.97. The number of ether oxygens (including phenoxy) is 5. The van der Waals surface area contributed by atoms with Crippen LogP contribution >= 0.6 is 0 Å². The third-order valence-electron chi connectivity index (χ3n) is 4.11. The molecule has 0 saturated carbocycles. The molecular weight excluding hydrogens is 324 g/mol. The first-order valence-electron chi connectivity index (χ1n) is 7.82. The molecule has 2 aromatic carbocycles. The summed E-state index contributed by atoms with van der Waals surface area (Å²) in [4.78, 5) is 12.8. The van der Waals surface area contributed by atoms with E-state index in [4.69, 9.17) is 23.7 Å². The van der Waals surface area contributed by atoms with Crippen LogP contribution in [0.2, 0.25) is 0 Å². The lowest BCUT2D eigenvalue weighted by Gasteiger charge is -2.20. The molecule has 1 aliphatic heterocycles. The van der Waals surface area contributed by atoms with Crippen LogP contribution in [0.1, 0.15) is 21.5 Å². The highest BCUT2D eigenvalue weighted by molar-refractivity contribution is 5.99. The van der Waals surface area contributed by atoms with Gasteiger partial charge in [0.2, 0.25) is 5.75 Å². The van der Waals surface area contributed by atoms with Crippen LogP contribution in [-0.4, -0.2) is 33.9 Å². The summed E-state index contributed by atoms with van der Waals surface area (Å²) in [5, 5.41) is 0. The summed E-state index contributed by atoms with van der Waals surface area (Å²) in [6.45, 7) is 0.672. The summed E-state index contributed by atoms with van der Waals surface area (Å²) in [6, 6.07) is 8.98. The van der Waals surface area contributed by atoms with Crippen LogP contribution in [0, 0.1) is 0 Å². The largest absolute Gasteiger partial charge is 0.493 e. The number of hydrogen-bond acceptors (Lipinski definition) is 6. The summed E-state index contributed by atoms with van der Waals surface area (Å²) < 4.78 is 26.7. The number of Topliss-reactive ketones (excluding diaryl/α,β-unsaturated/α-hetero) is 1. The highest BCUT2D eigenvalue weighted by Crippen LogP contribution is 2.38. The normalized spacial score (nSPS) is 12.8. The Hall–Kier alpha value is -2.73. The second-order valence-electron chi connectivity index (χ2n) is 5.52. The second kappa shape index (κ2) is 7.44. The van der Waals surface area contributed by atoms with Crippen molar-refractivity contribution in [3.8, 4) is 23.0 Å². The van der Waals surface area contributed by atoms with Gasteiger partial charge in [-0.2, -0.15) is 0 Å². The fourth-order valence-corrected chi connectivity index (χ4v) is 2.84. The van der Waals surface area contributed by atoms with Gasteiger partial charge >= 0.3 is 0 Å². The van der Waals surface area contributed by atoms with Gasteiger partial charge in [0, 0.05) is 17.5 Å². The Morgan fingerprint density at radius 2 is 1.80 bits per heavy atom. The number of hydrogen-bond donors (Lipinski definition) is 0. The van der Waals surface area contributed by atoms with E-state index in [2.05, 4.69) is 0 Å². The molecule has 0 spiro atoms. The molecule has 0 aliphatic carbocycles. The van der Waals surface area contributed by atoms with Crippen LogP contribution in [0.5, 0.6) is 23.0 Å². The van der Waals surface area contributed by atoms with Gasteiger partial charge < -0.3 is 23.7 Å². The third kappa shape index (κ3) is 3.39. The van der Waals surface area contributed by atoms with Crippen LogP contribution in [0.3, 0.4) is 0 Å². The smallest absolute Gasteiger partial charge is 0.203 e. The maximum atomic E-state index is 12.8. The van der Waals surface area contributed by atoms with Crippen LogP contribution in [0.15, 0.2) is 30.3 Å². The van der Waals surface area contributed by atoms with Crippen LogP contribution in [0.4, 0.5) is 0 Å². The second-order valence-corrected chi connectivity index (χ2v) is 5.52. The molecule has 0 N–H and O–H groups in total. The lowest BCUT2D eigenvalue weighted by molar-refractivity contribution is -0.0167. The topological polar surface area (TPSA) is 63.2 Å². The number of benzene rings is 2. The molecule has 6 heteroatoms. The SMILES string of the molecule is COc1cc(C(=O)Cc2cccc3c2COCO3)cc(OC)c1OC. The first-order valence-corrected chi connectivity index (χ1v) is 7.82. The van der Waals surface area contributed by atoms with Crippen molar-refractivity contribution < 1.29 is 28.5 Å². The van der Waals surface area contributed by atoms with Crippen molar-refractivity contribution in [1.29, 1.82) is 0 Å². The van der Waals surface area contributed by atoms with Crippen LogP contribution in [-0.2, 0) is 17.8 Å². The number of ketones is 1. The van der Waals surface area contributed by atoms with E-state index < -0.39 is 0 Å². The summed E-state index contributed by atoms with van der Waals surface area (Å²) >= 11 is 0. The molecule has 0 radical (unpaired) electrons. The Morgan fingerprint density at radius 3 is 2.44 bits per heavy atom. The van der Waals surface area contributed by atoms with Gasteiger partial charge in [-0.3, -0.25) is 4.79 Å². The van der Waals surface area contributed by atoms with Gasteiger partial charge in [-0.1, -0.05) is 12.1 Å². The quantitative estimate of drug-likeness (QED) is 0.751. The van der Waals surface area contributed by atoms with E-state index in [0.29, 0.717) is 29.4 Å². The number of carbonyl (C=O) groups excluding carboxylic acids is 1. The minimum atomic E-state index is -0.0572. The molecule has 0 aromatic heterocycles. The molecule has 132 valence electrons. The molecule has 6 nitrogen and oxygen atoms in total. The Labute approximate surface area is 146 Å². The Bertz CT molecular complexity index is 758. The van der Waals surface area contributed by atoms with Gasteiger partial charge in [0.25, 0.3) is 0 Å². The zero-order valence-electron chi connectivity index (χ0n) is 14.5. The van der Waals surface area contributed by atoms with E-state index in [0.717, 1.165) is 16.9 Å². The van der Waals surface area contributed by atoms with Gasteiger partial charge in [-0.15, -0.1) is 0 Å². The highest BCUT2D eigenvalue weighted by atomic mass is 16.7. The maximum Gasteiger partial charge on any atom is 0.203 e. The van der Waals surface area contributed by atoms with Crippen molar-refractivity contribution >= 4 is 5.78 Å². The van der Waals surface area contributed by atoms with E-state index >= 15 is 0 Å². The summed E-state index contributed by atoms with van der Waals surface area (Å²) in [5.74, 6) is 2.07. The van der Waals surface area contributed by atoms with Crippen LogP contribution in [0.25, 0.3) is 0 Å². The van der Waals surface area contributed by atoms with E-state index in [-0.39, 0.29) is 19.0 Å². The Morgan fingerprint density at radius 1 is 1.08 bits per heavy atom. The van der Waals surface area contributed by atoms with Gasteiger partial charge in [-0.05, 0) is 23.8 Å². The molecule has 0 amide bonds. The molecule has 0 bridgehead atoms. The fraction of sp³-hybridized carbons (Fsp3) is 0.316. The molecule has 1 aliphatic rings. The van der Waals surface area contributed by atoms with Gasteiger partial charge in [0.15, 0.2) is 24.1 Å². The Kier molecular flexibility index (Phi) is 5.09. The molecule has 3 rings (SSSR count). The van der Waals surface area contributed by atoms with Crippen molar-refractivity contribution in [2.45, 2.75) is 13.0 Å². The first-order chi connectivity index (χ1) is 12.2. The monoisotopic (exact) mass is 344 g/mol. The van der Waals surface area contributed by atoms with Crippen molar-refractivity contribution in [2.24, 2.45) is 0 Å². The average Bonchev–Trinajstić information content (AvgIpc) is 2.66. The standard InChI is InChI=1S/C19H20O6/c1-21-17-8-13(9-18(22-2)19(17)23-3)15(20)7-12-5-4-6-16-14(12)10-24-11-25-16/h4-6,8-9H,7,10-11H2,1-3H3. The van der Waals surface area contributed by atoms with E-state index in [1.165, 1.54) is 21.3 Å². The predicted molar refractivity (Wildman–Crippen MR) is 90.9 cm³/mol. The molecule has 1 heterocycles. The number of fused-ring (bicyclic) bond motifs is 1. The Balaban J connectivity index is 1.92. The molecule has 0 unspecified atom stereocenters. The van der Waals surface area contributed by atoms with E-state index in [9.17, 15) is 4.79 Å². The zero-order valence-corrected chi connectivity index (χ0v) is 14.5. The van der Waals surface area contributed by atoms with E-state index in [1.807, 2.05) is 18.2 Å². The fourth-order valence-electron chi connectivity index (χ4n) is 2.84. The lowest BCUT2D eigenvalue weighted by Crippen LogP contribution is -2.15. The van der Waals surface area contributed by atoms with Gasteiger partial charge in [0.1, 0.15) is 5.75 Å². The molecule has 25 heavy (non-hydrogen) atoms. The average molecular weight is 344 g/mol. The molecular formula is C19H20O6. The molecule has 0 atom stereocenters. The van der Waals surface area contributed by atoms with Crippen molar-refractivity contribution in [3.63, 3.8) is 0 Å².